The minimum atomic E-state index is -1.66. The summed E-state index contributed by atoms with van der Waals surface area (Å²) in [4.78, 5) is 92.7. The van der Waals surface area contributed by atoms with Gasteiger partial charge in [-0.15, -0.1) is 0 Å². The fourth-order valence-corrected chi connectivity index (χ4v) is 4.18. The van der Waals surface area contributed by atoms with Crippen LogP contribution < -0.4 is 21.3 Å². The van der Waals surface area contributed by atoms with Crippen LogP contribution in [0, 0.1) is 0 Å². The van der Waals surface area contributed by atoms with Crippen LogP contribution in [-0.2, 0) is 28.7 Å². The third-order valence-electron chi connectivity index (χ3n) is 7.23. The van der Waals surface area contributed by atoms with Crippen molar-refractivity contribution >= 4 is 41.4 Å². The summed E-state index contributed by atoms with van der Waals surface area (Å²) in [5.41, 5.74) is -8.18. The van der Waals surface area contributed by atoms with Crippen molar-refractivity contribution in [3.63, 3.8) is 0 Å². The van der Waals surface area contributed by atoms with E-state index >= 15 is 0 Å². The van der Waals surface area contributed by atoms with E-state index in [-0.39, 0.29) is 11.1 Å². The first-order valence-electron chi connectivity index (χ1n) is 14.6. The van der Waals surface area contributed by atoms with Gasteiger partial charge >= 0.3 is 5.97 Å². The molecule has 2 rings (SSSR count). The van der Waals surface area contributed by atoms with Crippen molar-refractivity contribution in [3.8, 4) is 0 Å². The number of esters is 1. The number of hydrogen-bond acceptors (Lipinski definition) is 8. The van der Waals surface area contributed by atoms with Crippen LogP contribution in [0.5, 0.6) is 0 Å². The van der Waals surface area contributed by atoms with Crippen LogP contribution in [0.4, 0.5) is 0 Å². The molecule has 6 amide bonds. The number of nitrogens with zero attached hydrogens (tertiary/aromatic N) is 1. The maximum Gasteiger partial charge on any atom is 0.331 e. The maximum absolute atomic E-state index is 13.4. The molecule has 0 aliphatic carbocycles. The molecular weight excluding hydrogens is 582 g/mol. The fourth-order valence-electron chi connectivity index (χ4n) is 4.18. The summed E-state index contributed by atoms with van der Waals surface area (Å²) in [5.74, 6) is -4.83. The van der Waals surface area contributed by atoms with Gasteiger partial charge in [0.1, 0.15) is 33.3 Å². The molecule has 248 valence electrons. The van der Waals surface area contributed by atoms with Gasteiger partial charge < -0.3 is 26.0 Å². The summed E-state index contributed by atoms with van der Waals surface area (Å²) in [6.07, 6.45) is 0. The second-order valence-corrected chi connectivity index (χ2v) is 14.9. The van der Waals surface area contributed by atoms with Gasteiger partial charge in [0, 0.05) is 0 Å². The van der Waals surface area contributed by atoms with Crippen molar-refractivity contribution in [3.05, 3.63) is 35.4 Å². The Morgan fingerprint density at radius 3 is 1.18 bits per heavy atom. The number of imide groups is 1. The van der Waals surface area contributed by atoms with Crippen LogP contribution in [0.2, 0.25) is 0 Å². The van der Waals surface area contributed by atoms with Crippen molar-refractivity contribution in [1.82, 2.24) is 26.2 Å². The number of carbonyl (C=O) groups excluding carboxylic acids is 7. The molecule has 13 nitrogen and oxygen atoms in total. The first kappa shape index (κ1) is 36.9. The number of nitrogens with one attached hydrogen (secondary N) is 4. The molecule has 0 saturated carbocycles. The van der Waals surface area contributed by atoms with E-state index in [0.29, 0.717) is 0 Å². The molecule has 1 aromatic rings. The average Bonchev–Trinajstić information content (AvgIpc) is 3.12. The van der Waals surface area contributed by atoms with Crippen LogP contribution in [0.3, 0.4) is 0 Å². The molecule has 4 N–H and O–H groups in total. The first-order chi connectivity index (χ1) is 20.1. The molecule has 0 radical (unpaired) electrons. The summed E-state index contributed by atoms with van der Waals surface area (Å²) < 4.78 is 5.38. The van der Waals surface area contributed by atoms with Gasteiger partial charge in [0.05, 0.1) is 11.1 Å². The van der Waals surface area contributed by atoms with Gasteiger partial charge in [-0.1, -0.05) is 12.1 Å². The maximum atomic E-state index is 13.4. The average molecular weight is 630 g/mol. The largest absolute Gasteiger partial charge is 0.458 e. The molecular formula is C32H47N5O8. The van der Waals surface area contributed by atoms with E-state index in [1.165, 1.54) is 81.4 Å². The zero-order valence-corrected chi connectivity index (χ0v) is 28.5. The molecule has 1 heterocycles. The molecule has 0 saturated heterocycles. The van der Waals surface area contributed by atoms with Crippen LogP contribution in [0.1, 0.15) is 111 Å². The van der Waals surface area contributed by atoms with Crippen molar-refractivity contribution in [2.24, 2.45) is 0 Å². The normalized spacial score (nSPS) is 14.4. The van der Waals surface area contributed by atoms with Crippen LogP contribution in [0.15, 0.2) is 24.3 Å². The van der Waals surface area contributed by atoms with Crippen LogP contribution in [-0.4, -0.2) is 79.6 Å². The van der Waals surface area contributed by atoms with Crippen molar-refractivity contribution in [2.75, 3.05) is 0 Å². The minimum Gasteiger partial charge on any atom is -0.458 e. The Hall–Kier alpha value is -4.29. The second-order valence-electron chi connectivity index (χ2n) is 14.9. The molecule has 1 aromatic carbocycles. The number of amides is 6. The molecule has 0 spiro atoms. The van der Waals surface area contributed by atoms with Gasteiger partial charge in [-0.25, -0.2) is 4.79 Å². The number of carbonyl (C=O) groups is 7. The van der Waals surface area contributed by atoms with Gasteiger partial charge in [0.15, 0.2) is 0 Å². The van der Waals surface area contributed by atoms with Gasteiger partial charge in [0.2, 0.25) is 23.6 Å². The highest BCUT2D eigenvalue weighted by Crippen LogP contribution is 2.30. The SMILES string of the molecule is CC(C)(C)OC(=O)C(C)(C)NC(=O)C(C)(C)NC(=O)C(C)(C)NC(=O)C(C)(C)NC(=O)C(C)(C)N1C(=O)c2ccccc2C1=O. The van der Waals surface area contributed by atoms with E-state index in [9.17, 15) is 33.6 Å². The number of benzene rings is 1. The highest BCUT2D eigenvalue weighted by Gasteiger charge is 2.50. The number of fused-ring (bicyclic) bond motifs is 1. The molecule has 0 atom stereocenters. The Balaban J connectivity index is 2.11. The molecule has 13 heteroatoms. The predicted molar refractivity (Wildman–Crippen MR) is 166 cm³/mol. The predicted octanol–water partition coefficient (Wildman–Crippen LogP) is 1.98. The number of hydrogen-bond donors (Lipinski definition) is 4. The van der Waals surface area contributed by atoms with Crippen LogP contribution in [0.25, 0.3) is 0 Å². The van der Waals surface area contributed by atoms with Crippen molar-refractivity contribution in [2.45, 2.75) is 123 Å². The van der Waals surface area contributed by atoms with E-state index in [1.807, 2.05) is 0 Å². The summed E-state index contributed by atoms with van der Waals surface area (Å²) >= 11 is 0. The zero-order valence-electron chi connectivity index (χ0n) is 28.5. The first-order valence-corrected chi connectivity index (χ1v) is 14.6. The van der Waals surface area contributed by atoms with E-state index < -0.39 is 74.7 Å². The van der Waals surface area contributed by atoms with E-state index in [1.54, 1.807) is 32.9 Å². The second kappa shape index (κ2) is 11.9. The third-order valence-corrected chi connectivity index (χ3v) is 7.23. The lowest BCUT2D eigenvalue weighted by atomic mass is 9.94. The van der Waals surface area contributed by atoms with E-state index in [4.69, 9.17) is 4.74 Å². The van der Waals surface area contributed by atoms with Gasteiger partial charge in [-0.3, -0.25) is 33.7 Å². The third kappa shape index (κ3) is 8.06. The fraction of sp³-hybridized carbons (Fsp3) is 0.594. The summed E-state index contributed by atoms with van der Waals surface area (Å²) in [6.45, 7) is 19.4. The lowest BCUT2D eigenvalue weighted by molar-refractivity contribution is -0.163. The van der Waals surface area contributed by atoms with E-state index in [2.05, 4.69) is 21.3 Å². The van der Waals surface area contributed by atoms with E-state index in [0.717, 1.165) is 4.90 Å². The van der Waals surface area contributed by atoms with Gasteiger partial charge in [0.25, 0.3) is 11.8 Å². The van der Waals surface area contributed by atoms with Gasteiger partial charge in [-0.05, 0) is 102 Å². The molecule has 1 aliphatic heterocycles. The molecule has 0 aromatic heterocycles. The molecule has 0 unspecified atom stereocenters. The molecule has 45 heavy (non-hydrogen) atoms. The lowest BCUT2D eigenvalue weighted by Crippen LogP contribution is -2.68. The summed E-state index contributed by atoms with van der Waals surface area (Å²) in [7, 11) is 0. The lowest BCUT2D eigenvalue weighted by Gasteiger charge is -2.38. The van der Waals surface area contributed by atoms with Crippen LogP contribution >= 0.6 is 0 Å². The quantitative estimate of drug-likeness (QED) is 0.224. The number of ether oxygens (including phenoxy) is 1. The highest BCUT2D eigenvalue weighted by molar-refractivity contribution is 6.23. The Morgan fingerprint density at radius 2 is 0.844 bits per heavy atom. The standard InChI is InChI=1S/C32H47N5O8/c1-27(2,3)45-26(44)31(10,11)35-24(42)29(6,7)33-22(40)28(4,5)34-23(41)30(8,9)36-25(43)32(12,13)37-20(38)18-16-14-15-17-19(18)21(37)39/h14-17H,1-13H3,(H,33,40)(H,34,41)(H,35,42)(H,36,43). The molecule has 0 bridgehead atoms. The van der Waals surface area contributed by atoms with Crippen molar-refractivity contribution < 1.29 is 38.3 Å². The Morgan fingerprint density at radius 1 is 0.533 bits per heavy atom. The zero-order chi connectivity index (χ0) is 35.1. The Kier molecular flexibility index (Phi) is 9.76. The highest BCUT2D eigenvalue weighted by atomic mass is 16.6. The Labute approximate surface area is 264 Å². The number of rotatable bonds is 10. The smallest absolute Gasteiger partial charge is 0.331 e. The Bertz CT molecular complexity index is 1400. The van der Waals surface area contributed by atoms with Gasteiger partial charge in [-0.2, -0.15) is 0 Å². The summed E-state index contributed by atoms with van der Waals surface area (Å²) in [6, 6.07) is 6.23. The monoisotopic (exact) mass is 629 g/mol. The summed E-state index contributed by atoms with van der Waals surface area (Å²) in [5, 5.41) is 10.4. The molecule has 0 fully saturated rings. The topological polar surface area (TPSA) is 180 Å². The molecule has 1 aliphatic rings. The minimum absolute atomic E-state index is 0.179. The van der Waals surface area contributed by atoms with Crippen molar-refractivity contribution in [1.29, 1.82) is 0 Å².